The molecule has 2 aromatic heterocycles. The van der Waals surface area contributed by atoms with Gasteiger partial charge in [0.1, 0.15) is 23.0 Å². The average molecular weight is 882 g/mol. The van der Waals surface area contributed by atoms with Gasteiger partial charge in [0.05, 0.1) is 17.9 Å². The van der Waals surface area contributed by atoms with Crippen molar-refractivity contribution < 1.29 is 33.7 Å². The number of benzene rings is 3. The second-order valence-corrected chi connectivity index (χ2v) is 20.4. The standard InChI is InChI=1S/C51H56FN7O6/c1-3-30-6-4-7-31-21-35(60)22-37(41(30)31)44-42(52)45-38(24-53-44)43(32-8-5-13-49(2,64)23-32)55-48(56-45)65-29-51(14-15-51)28-57-26-50(27-57)16-18-58(19-17-50)34-9-10-36-33(20-34)25-59(47(36)63)39-11-12-40(61)54-46(39)62/h4,6-7,9-10,20-22,24,32,39,60,64H,3,5,8,11-19,23,25-29H2,1-2H3,(H,54,61,62)/t32?,39?,49-/m1/s1. The number of carbonyl (C=O) groups is 3. The van der Waals surface area contributed by atoms with Gasteiger partial charge in [-0.2, -0.15) is 9.97 Å². The molecule has 14 heteroatoms. The highest BCUT2D eigenvalue weighted by molar-refractivity contribution is 6.05. The van der Waals surface area contributed by atoms with E-state index in [4.69, 9.17) is 19.7 Å². The summed E-state index contributed by atoms with van der Waals surface area (Å²) < 4.78 is 23.6. The highest BCUT2D eigenvalue weighted by Crippen LogP contribution is 2.51. The van der Waals surface area contributed by atoms with Crippen LogP contribution < -0.4 is 15.0 Å². The second kappa shape index (κ2) is 15.7. The third-order valence-corrected chi connectivity index (χ3v) is 15.6. The molecule has 5 aromatic rings. The highest BCUT2D eigenvalue weighted by Gasteiger charge is 2.51. The normalized spacial score (nSPS) is 25.0. The van der Waals surface area contributed by atoms with Gasteiger partial charge in [-0.3, -0.25) is 24.7 Å². The number of hydrogen-bond donors (Lipinski definition) is 3. The first-order valence-corrected chi connectivity index (χ1v) is 23.5. The first kappa shape index (κ1) is 41.9. The van der Waals surface area contributed by atoms with Crippen molar-refractivity contribution in [2.45, 2.75) is 109 Å². The summed E-state index contributed by atoms with van der Waals surface area (Å²) in [5.74, 6) is -1.51. The molecule has 6 heterocycles. The van der Waals surface area contributed by atoms with Crippen LogP contribution in [-0.4, -0.2) is 104 Å². The molecule has 6 aliphatic rings. The van der Waals surface area contributed by atoms with Crippen LogP contribution in [0.15, 0.2) is 54.7 Å². The van der Waals surface area contributed by atoms with Crippen LogP contribution in [-0.2, 0) is 22.6 Å². The Balaban J connectivity index is 0.770. The topological polar surface area (TPSA) is 161 Å². The average Bonchev–Trinajstić information content (AvgIpc) is 3.97. The molecule has 0 bridgehead atoms. The van der Waals surface area contributed by atoms with Crippen molar-refractivity contribution in [2.24, 2.45) is 10.8 Å². The van der Waals surface area contributed by atoms with Crippen molar-refractivity contribution in [1.82, 2.24) is 30.1 Å². The van der Waals surface area contributed by atoms with Crippen LogP contribution in [0.25, 0.3) is 32.9 Å². The van der Waals surface area contributed by atoms with E-state index in [1.165, 1.54) is 0 Å². The Kier molecular flexibility index (Phi) is 10.1. The van der Waals surface area contributed by atoms with Crippen molar-refractivity contribution in [3.8, 4) is 23.0 Å². The number of amides is 3. The van der Waals surface area contributed by atoms with E-state index in [2.05, 4.69) is 28.1 Å². The Labute approximate surface area is 377 Å². The molecule has 3 atom stereocenters. The lowest BCUT2D eigenvalue weighted by molar-refractivity contribution is -0.136. The van der Waals surface area contributed by atoms with Crippen molar-refractivity contribution in [2.75, 3.05) is 44.2 Å². The molecular weight excluding hydrogens is 826 g/mol. The molecule has 3 saturated heterocycles. The number of piperidine rings is 2. The Morgan fingerprint density at radius 3 is 2.54 bits per heavy atom. The van der Waals surface area contributed by atoms with E-state index in [0.29, 0.717) is 54.6 Å². The third-order valence-electron chi connectivity index (χ3n) is 15.6. The van der Waals surface area contributed by atoms with E-state index in [1.54, 1.807) is 23.2 Å². The van der Waals surface area contributed by atoms with E-state index >= 15 is 4.39 Å². The zero-order valence-corrected chi connectivity index (χ0v) is 37.2. The molecule has 338 valence electrons. The van der Waals surface area contributed by atoms with Crippen LogP contribution in [0.2, 0.25) is 0 Å². The number of aliphatic hydroxyl groups is 1. The van der Waals surface area contributed by atoms with Crippen molar-refractivity contribution >= 4 is 45.1 Å². The molecule has 2 aliphatic carbocycles. The number of rotatable bonds is 10. The van der Waals surface area contributed by atoms with Crippen LogP contribution in [0.4, 0.5) is 10.1 Å². The molecule has 3 amide bonds. The minimum absolute atomic E-state index is 0.0299. The van der Waals surface area contributed by atoms with E-state index in [9.17, 15) is 24.6 Å². The number of halogens is 1. The summed E-state index contributed by atoms with van der Waals surface area (Å²) in [6.07, 6.45) is 10.0. The van der Waals surface area contributed by atoms with Gasteiger partial charge in [0.25, 0.3) is 5.91 Å². The molecule has 2 saturated carbocycles. The van der Waals surface area contributed by atoms with Gasteiger partial charge in [-0.25, -0.2) is 4.39 Å². The third kappa shape index (κ3) is 7.65. The second-order valence-electron chi connectivity index (χ2n) is 20.4. The van der Waals surface area contributed by atoms with Crippen molar-refractivity contribution in [3.05, 3.63) is 82.9 Å². The maximum atomic E-state index is 17.1. The molecule has 3 N–H and O–H groups in total. The van der Waals surface area contributed by atoms with Crippen LogP contribution in [0.3, 0.4) is 0 Å². The SMILES string of the molecule is CCc1cccc2cc(O)cc(-c3ncc4c(C5CCC[C@@](C)(O)C5)nc(OCC5(CN6CC7(CCN(c8ccc9c(c8)CN(C8CCC(=O)NC8=O)C9=O)CC7)C6)CC5)nc4c3F)c12. The maximum absolute atomic E-state index is 17.1. The molecular formula is C51H56FN7O6. The Bertz CT molecular complexity index is 2780. The molecule has 5 fully saturated rings. The zero-order valence-electron chi connectivity index (χ0n) is 37.2. The van der Waals surface area contributed by atoms with Crippen LogP contribution in [0.1, 0.15) is 111 Å². The number of fused-ring (bicyclic) bond motifs is 3. The molecule has 4 aliphatic heterocycles. The summed E-state index contributed by atoms with van der Waals surface area (Å²) in [5.41, 5.74) is 4.47. The van der Waals surface area contributed by atoms with Gasteiger partial charge in [-0.1, -0.05) is 25.1 Å². The fraction of sp³-hybridized carbons (Fsp3) is 0.490. The van der Waals surface area contributed by atoms with Crippen molar-refractivity contribution in [1.29, 1.82) is 0 Å². The molecule has 11 rings (SSSR count). The molecule has 1 spiro atoms. The molecule has 65 heavy (non-hydrogen) atoms. The quantitative estimate of drug-likeness (QED) is 0.122. The van der Waals surface area contributed by atoms with Crippen LogP contribution in [0.5, 0.6) is 11.8 Å². The van der Waals surface area contributed by atoms with Gasteiger partial charge < -0.3 is 29.6 Å². The van der Waals surface area contributed by atoms with Gasteiger partial charge in [0.15, 0.2) is 5.82 Å². The van der Waals surface area contributed by atoms with Gasteiger partial charge >= 0.3 is 6.01 Å². The lowest BCUT2D eigenvalue weighted by Gasteiger charge is -2.55. The highest BCUT2D eigenvalue weighted by atomic mass is 19.1. The zero-order chi connectivity index (χ0) is 44.8. The van der Waals surface area contributed by atoms with Crippen LogP contribution in [0, 0.1) is 16.6 Å². The number of aromatic hydroxyl groups is 1. The maximum Gasteiger partial charge on any atom is 0.317 e. The number of pyridine rings is 1. The molecule has 13 nitrogen and oxygen atoms in total. The Morgan fingerprint density at radius 1 is 0.969 bits per heavy atom. The summed E-state index contributed by atoms with van der Waals surface area (Å²) in [6.45, 7) is 9.55. The summed E-state index contributed by atoms with van der Waals surface area (Å²) >= 11 is 0. The smallest absolute Gasteiger partial charge is 0.317 e. The van der Waals surface area contributed by atoms with Gasteiger partial charge in [-0.15, -0.1) is 0 Å². The van der Waals surface area contributed by atoms with Crippen LogP contribution >= 0.6 is 0 Å². The van der Waals surface area contributed by atoms with E-state index < -0.39 is 23.4 Å². The molecule has 0 radical (unpaired) electrons. The number of carbonyl (C=O) groups excluding carboxylic acids is 3. The number of phenols is 1. The summed E-state index contributed by atoms with van der Waals surface area (Å²) in [7, 11) is 0. The summed E-state index contributed by atoms with van der Waals surface area (Å²) in [4.78, 5) is 58.5. The van der Waals surface area contributed by atoms with E-state index in [1.807, 2.05) is 37.3 Å². The van der Waals surface area contributed by atoms with Gasteiger partial charge in [-0.05, 0) is 129 Å². The predicted molar refractivity (Wildman–Crippen MR) is 243 cm³/mol. The largest absolute Gasteiger partial charge is 0.508 e. The first-order valence-electron chi connectivity index (χ1n) is 23.5. The van der Waals surface area contributed by atoms with Crippen molar-refractivity contribution in [3.63, 3.8) is 0 Å². The molecule has 2 unspecified atom stereocenters. The number of likely N-dealkylation sites (tertiary alicyclic amines) is 1. The number of nitrogens with zero attached hydrogens (tertiary/aromatic N) is 6. The monoisotopic (exact) mass is 881 g/mol. The van der Waals surface area contributed by atoms with Gasteiger partial charge in [0, 0.05) is 85.4 Å². The summed E-state index contributed by atoms with van der Waals surface area (Å²) in [5, 5.41) is 26.4. The number of aryl methyl sites for hydroxylation is 1. The fourth-order valence-corrected chi connectivity index (χ4v) is 11.8. The number of aromatic nitrogens is 3. The fourth-order valence-electron chi connectivity index (χ4n) is 11.8. The lowest BCUT2D eigenvalue weighted by Crippen LogP contribution is -2.61. The summed E-state index contributed by atoms with van der Waals surface area (Å²) in [6, 6.07) is 14.7. The first-order chi connectivity index (χ1) is 31.3. The minimum Gasteiger partial charge on any atom is -0.508 e. The number of imide groups is 1. The number of phenolic OH excluding ortho intramolecular Hbond substituents is 1. The number of ether oxygens (including phenoxy) is 1. The molecule has 3 aromatic carbocycles. The Hall–Kier alpha value is -5.73. The predicted octanol–water partition coefficient (Wildman–Crippen LogP) is 7.18. The number of hydrogen-bond acceptors (Lipinski definition) is 11. The minimum atomic E-state index is -0.861. The lowest BCUT2D eigenvalue weighted by atomic mass is 9.71. The Morgan fingerprint density at radius 2 is 1.78 bits per heavy atom. The number of anilines is 1. The van der Waals surface area contributed by atoms with Gasteiger partial charge in [0.2, 0.25) is 11.8 Å². The number of nitrogens with one attached hydrogen (secondary N) is 1. The van der Waals surface area contributed by atoms with E-state index in [-0.39, 0.29) is 58.0 Å². The van der Waals surface area contributed by atoms with E-state index in [0.717, 1.165) is 105 Å².